The number of hydrogen-bond donors (Lipinski definition) is 1. The molecule has 0 amide bonds. The number of nitrogens with zero attached hydrogens (tertiary/aromatic N) is 2. The van der Waals surface area contributed by atoms with Crippen LogP contribution < -0.4 is 5.73 Å². The summed E-state index contributed by atoms with van der Waals surface area (Å²) in [5.41, 5.74) is 5.70. The number of imidazole rings is 1. The van der Waals surface area contributed by atoms with Gasteiger partial charge in [-0.25, -0.2) is 4.98 Å². The van der Waals surface area contributed by atoms with E-state index < -0.39 is 0 Å². The molecule has 6 heteroatoms. The van der Waals surface area contributed by atoms with Gasteiger partial charge >= 0.3 is 0 Å². The fourth-order valence-electron chi connectivity index (χ4n) is 2.01. The molecule has 0 unspecified atom stereocenters. The molecule has 0 spiro atoms. The quantitative estimate of drug-likeness (QED) is 0.909. The molecule has 1 fully saturated rings. The summed E-state index contributed by atoms with van der Waals surface area (Å²) >= 11 is 0. The number of aryl methyl sites for hydroxylation is 1. The lowest BCUT2D eigenvalue weighted by atomic mass is 10.0. The first-order valence-electron chi connectivity index (χ1n) is 5.19. The summed E-state index contributed by atoms with van der Waals surface area (Å²) in [7, 11) is 0. The molecular weight excluding hydrogens is 249 g/mol. The number of ether oxygens (including phenoxy) is 1. The van der Waals surface area contributed by atoms with Crippen LogP contribution >= 0.6 is 24.8 Å². The first-order chi connectivity index (χ1) is 6.86. The first kappa shape index (κ1) is 15.7. The average Bonchev–Trinajstić information content (AvgIpc) is 2.85. The Morgan fingerprint density at radius 1 is 1.56 bits per heavy atom. The zero-order valence-corrected chi connectivity index (χ0v) is 11.0. The molecule has 16 heavy (non-hydrogen) atoms. The van der Waals surface area contributed by atoms with E-state index in [1.54, 1.807) is 0 Å². The Morgan fingerprint density at radius 3 is 2.94 bits per heavy atom. The van der Waals surface area contributed by atoms with Crippen LogP contribution in [0.2, 0.25) is 0 Å². The predicted octanol–water partition coefficient (Wildman–Crippen LogP) is 1.78. The summed E-state index contributed by atoms with van der Waals surface area (Å²) < 4.78 is 7.80. The van der Waals surface area contributed by atoms with E-state index in [0.29, 0.717) is 12.5 Å². The molecule has 0 aliphatic carbocycles. The highest BCUT2D eigenvalue weighted by Gasteiger charge is 2.31. The van der Waals surface area contributed by atoms with Gasteiger partial charge in [0.15, 0.2) is 0 Å². The summed E-state index contributed by atoms with van der Waals surface area (Å²) in [4.78, 5) is 4.35. The molecule has 1 aliphatic rings. The van der Waals surface area contributed by atoms with Gasteiger partial charge in [0.2, 0.25) is 0 Å². The highest BCUT2D eigenvalue weighted by atomic mass is 35.5. The van der Waals surface area contributed by atoms with E-state index in [2.05, 4.69) is 16.5 Å². The molecule has 2 rings (SSSR count). The van der Waals surface area contributed by atoms with E-state index in [9.17, 15) is 0 Å². The Kier molecular flexibility index (Phi) is 6.99. The van der Waals surface area contributed by atoms with E-state index in [-0.39, 0.29) is 30.9 Å². The van der Waals surface area contributed by atoms with Crippen LogP contribution in [0.15, 0.2) is 12.4 Å². The fraction of sp³-hybridized carbons (Fsp3) is 0.700. The van der Waals surface area contributed by atoms with Gasteiger partial charge in [0.05, 0.1) is 0 Å². The Balaban J connectivity index is 0.00000112. The molecule has 1 aromatic rings. The Hall–Kier alpha value is -0.290. The standard InChI is InChI=1S/C10H17N3O.2ClH/c1-2-13-5-4-12-10(13)9-8(7-11)3-6-14-9;;/h4-5,8-9H,2-3,6-7,11H2,1H3;2*1H/t8-,9+;;/m0../s1. The maximum atomic E-state index is 5.70. The number of hydrogen-bond acceptors (Lipinski definition) is 3. The predicted molar refractivity (Wildman–Crippen MR) is 68.3 cm³/mol. The second-order valence-electron chi connectivity index (χ2n) is 3.65. The smallest absolute Gasteiger partial charge is 0.138 e. The van der Waals surface area contributed by atoms with Crippen LogP contribution in [0.4, 0.5) is 0 Å². The van der Waals surface area contributed by atoms with Crippen LogP contribution in [-0.4, -0.2) is 22.7 Å². The van der Waals surface area contributed by atoms with Gasteiger partial charge in [0, 0.05) is 31.5 Å². The summed E-state index contributed by atoms with van der Waals surface area (Å²) in [5.74, 6) is 1.46. The Bertz CT molecular complexity index is 306. The van der Waals surface area contributed by atoms with E-state index in [0.717, 1.165) is 25.4 Å². The lowest BCUT2D eigenvalue weighted by molar-refractivity contribution is 0.0824. The molecule has 2 heterocycles. The van der Waals surface area contributed by atoms with Crippen LogP contribution in [0.5, 0.6) is 0 Å². The second kappa shape index (κ2) is 7.12. The molecular formula is C10H19Cl2N3O. The molecule has 0 saturated carbocycles. The van der Waals surface area contributed by atoms with Crippen LogP contribution in [0.25, 0.3) is 0 Å². The highest BCUT2D eigenvalue weighted by molar-refractivity contribution is 5.85. The summed E-state index contributed by atoms with van der Waals surface area (Å²) in [6.45, 7) is 4.54. The van der Waals surface area contributed by atoms with Gasteiger partial charge in [-0.05, 0) is 19.9 Å². The lowest BCUT2D eigenvalue weighted by Gasteiger charge is -2.17. The molecule has 94 valence electrons. The third kappa shape index (κ3) is 2.88. The normalized spacial score (nSPS) is 23.6. The molecule has 1 aromatic heterocycles. The third-order valence-electron chi connectivity index (χ3n) is 2.86. The van der Waals surface area contributed by atoms with E-state index in [1.807, 2.05) is 12.4 Å². The topological polar surface area (TPSA) is 53.1 Å². The summed E-state index contributed by atoms with van der Waals surface area (Å²) in [6.07, 6.45) is 4.98. The number of rotatable bonds is 3. The third-order valence-corrected chi connectivity index (χ3v) is 2.86. The van der Waals surface area contributed by atoms with E-state index in [1.165, 1.54) is 0 Å². The molecule has 0 radical (unpaired) electrons. The number of nitrogens with two attached hydrogens (primary N) is 1. The Morgan fingerprint density at radius 2 is 2.31 bits per heavy atom. The molecule has 4 nitrogen and oxygen atoms in total. The zero-order valence-electron chi connectivity index (χ0n) is 9.33. The average molecular weight is 268 g/mol. The van der Waals surface area contributed by atoms with Crippen LogP contribution in [0, 0.1) is 5.92 Å². The van der Waals surface area contributed by atoms with Gasteiger partial charge in [0.1, 0.15) is 11.9 Å². The van der Waals surface area contributed by atoms with E-state index in [4.69, 9.17) is 10.5 Å². The van der Waals surface area contributed by atoms with Crippen molar-refractivity contribution < 1.29 is 4.74 Å². The van der Waals surface area contributed by atoms with E-state index >= 15 is 0 Å². The van der Waals surface area contributed by atoms with Crippen molar-refractivity contribution >= 4 is 24.8 Å². The maximum absolute atomic E-state index is 5.70. The van der Waals surface area contributed by atoms with Gasteiger partial charge in [-0.15, -0.1) is 24.8 Å². The maximum Gasteiger partial charge on any atom is 0.138 e. The van der Waals surface area contributed by atoms with Crippen LogP contribution in [0.1, 0.15) is 25.3 Å². The van der Waals surface area contributed by atoms with Crippen molar-refractivity contribution in [2.75, 3.05) is 13.2 Å². The molecule has 2 atom stereocenters. The molecule has 2 N–H and O–H groups in total. The fourth-order valence-corrected chi connectivity index (χ4v) is 2.01. The van der Waals surface area contributed by atoms with Gasteiger partial charge in [-0.3, -0.25) is 0 Å². The van der Waals surface area contributed by atoms with Gasteiger partial charge in [0.25, 0.3) is 0 Å². The van der Waals surface area contributed by atoms with Gasteiger partial charge in [-0.2, -0.15) is 0 Å². The van der Waals surface area contributed by atoms with Crippen molar-refractivity contribution in [1.29, 1.82) is 0 Å². The second-order valence-corrected chi connectivity index (χ2v) is 3.65. The molecule has 0 aromatic carbocycles. The largest absolute Gasteiger partial charge is 0.370 e. The first-order valence-corrected chi connectivity index (χ1v) is 5.19. The monoisotopic (exact) mass is 267 g/mol. The molecule has 1 aliphatic heterocycles. The highest BCUT2D eigenvalue weighted by Crippen LogP contribution is 2.32. The minimum absolute atomic E-state index is 0. The molecule has 1 saturated heterocycles. The number of aromatic nitrogens is 2. The van der Waals surface area contributed by atoms with Gasteiger partial charge in [-0.1, -0.05) is 0 Å². The van der Waals surface area contributed by atoms with Crippen LogP contribution in [0.3, 0.4) is 0 Å². The number of halogens is 2. The Labute approximate surface area is 108 Å². The minimum atomic E-state index is 0. The van der Waals surface area contributed by atoms with Crippen LogP contribution in [-0.2, 0) is 11.3 Å². The van der Waals surface area contributed by atoms with Crippen molar-refractivity contribution in [3.8, 4) is 0 Å². The summed E-state index contributed by atoms with van der Waals surface area (Å²) in [6, 6.07) is 0. The minimum Gasteiger partial charge on any atom is -0.370 e. The van der Waals surface area contributed by atoms with Crippen molar-refractivity contribution in [1.82, 2.24) is 9.55 Å². The van der Waals surface area contributed by atoms with Crippen molar-refractivity contribution in [3.63, 3.8) is 0 Å². The van der Waals surface area contributed by atoms with Crippen molar-refractivity contribution in [3.05, 3.63) is 18.2 Å². The van der Waals surface area contributed by atoms with Gasteiger partial charge < -0.3 is 15.0 Å². The zero-order chi connectivity index (χ0) is 9.97. The summed E-state index contributed by atoms with van der Waals surface area (Å²) in [5, 5.41) is 0. The molecule has 0 bridgehead atoms. The van der Waals surface area contributed by atoms with Crippen molar-refractivity contribution in [2.45, 2.75) is 26.0 Å². The van der Waals surface area contributed by atoms with Crippen molar-refractivity contribution in [2.24, 2.45) is 11.7 Å². The SMILES string of the molecule is CCn1ccnc1[C@@H]1OCC[C@H]1CN.Cl.Cl. The lowest BCUT2D eigenvalue weighted by Crippen LogP contribution is -2.20.